The van der Waals surface area contributed by atoms with Crippen molar-refractivity contribution in [3.05, 3.63) is 0 Å². The molecule has 0 rings (SSSR count). The lowest BCUT2D eigenvalue weighted by Crippen LogP contribution is -2.08. The zero-order valence-corrected chi connectivity index (χ0v) is 5.96. The second kappa shape index (κ2) is 4.70. The highest BCUT2D eigenvalue weighted by atomic mass is 16.5. The fourth-order valence-electron chi connectivity index (χ4n) is 0.460. The first kappa shape index (κ1) is 8.85. The number of esters is 1. The fraction of sp³-hybridized carbons (Fsp3) is 0.667. The van der Waals surface area contributed by atoms with E-state index in [0.29, 0.717) is 0 Å². The van der Waals surface area contributed by atoms with Crippen molar-refractivity contribution < 1.29 is 14.3 Å². The summed E-state index contributed by atoms with van der Waals surface area (Å²) < 4.78 is 4.34. The lowest BCUT2D eigenvalue weighted by molar-refractivity contribution is -0.140. The quantitative estimate of drug-likeness (QED) is 0.324. The lowest BCUT2D eigenvalue weighted by Gasteiger charge is -1.99. The minimum atomic E-state index is -0.369. The molecule has 0 aliphatic carbocycles. The average Bonchev–Trinajstić information content (AvgIpc) is 1.88. The van der Waals surface area contributed by atoms with Crippen LogP contribution in [-0.2, 0) is 14.3 Å². The van der Waals surface area contributed by atoms with Crippen molar-refractivity contribution in [1.82, 2.24) is 0 Å². The van der Waals surface area contributed by atoms with Gasteiger partial charge in [-0.2, -0.15) is 0 Å². The molecule has 0 amide bonds. The second-order valence-electron chi connectivity index (χ2n) is 1.85. The van der Waals surface area contributed by atoms with Crippen LogP contribution < -0.4 is 0 Å². The van der Waals surface area contributed by atoms with Crippen LogP contribution in [0.25, 0.3) is 0 Å². The van der Waals surface area contributed by atoms with Crippen molar-refractivity contribution in [2.75, 3.05) is 7.11 Å². The summed E-state index contributed by atoms with van der Waals surface area (Å²) in [4.78, 5) is 23.4. The Kier molecular flexibility index (Phi) is 4.16. The summed E-state index contributed by atoms with van der Waals surface area (Å²) in [6.07, 6.45) is 1.49. The summed E-state index contributed by atoms with van der Waals surface area (Å²) >= 11 is 0. The van der Waals surface area contributed by atoms with E-state index in [1.54, 1.807) is 6.92 Å². The summed E-state index contributed by atoms with van der Waals surface area (Å²) in [5.41, 5.74) is 0. The molecule has 0 saturated heterocycles. The van der Waals surface area contributed by atoms with Crippen LogP contribution in [0.5, 0.6) is 0 Å². The van der Waals surface area contributed by atoms with Gasteiger partial charge < -0.3 is 4.74 Å². The monoisotopic (exact) mass is 143 g/mol. The molecule has 0 aromatic rings. The largest absolute Gasteiger partial charge is 0.469 e. The number of carbonyl (C=O) groups is 1. The van der Waals surface area contributed by atoms with Crippen molar-refractivity contribution in [2.45, 2.75) is 19.4 Å². The van der Waals surface area contributed by atoms with Crippen LogP contribution in [0, 0.1) is 0 Å². The minimum Gasteiger partial charge on any atom is -0.469 e. The zero-order chi connectivity index (χ0) is 7.98. The topological polar surface area (TPSA) is 55.7 Å². The van der Waals surface area contributed by atoms with Crippen molar-refractivity contribution in [2.24, 2.45) is 4.99 Å². The number of hydrogen-bond acceptors (Lipinski definition) is 4. The Bertz CT molecular complexity index is 160. The molecule has 56 valence electrons. The van der Waals surface area contributed by atoms with E-state index in [1.807, 2.05) is 0 Å². The number of methoxy groups -OCH3 is 1. The van der Waals surface area contributed by atoms with Gasteiger partial charge in [-0.15, -0.1) is 0 Å². The van der Waals surface area contributed by atoms with Gasteiger partial charge in [0.2, 0.25) is 6.08 Å². The number of nitrogens with zero attached hydrogens (tertiary/aromatic N) is 1. The van der Waals surface area contributed by atoms with E-state index >= 15 is 0 Å². The highest BCUT2D eigenvalue weighted by Gasteiger charge is 2.06. The first-order valence-electron chi connectivity index (χ1n) is 2.84. The molecule has 1 atom stereocenters. The highest BCUT2D eigenvalue weighted by Crippen LogP contribution is 1.95. The highest BCUT2D eigenvalue weighted by molar-refractivity contribution is 5.70. The Morgan fingerprint density at radius 2 is 2.40 bits per heavy atom. The van der Waals surface area contributed by atoms with Crippen LogP contribution >= 0.6 is 0 Å². The van der Waals surface area contributed by atoms with Crippen LogP contribution in [0.4, 0.5) is 0 Å². The summed E-state index contributed by atoms with van der Waals surface area (Å²) in [6, 6.07) is -0.329. The van der Waals surface area contributed by atoms with E-state index in [2.05, 4.69) is 9.73 Å². The molecule has 4 heteroatoms. The third-order valence-electron chi connectivity index (χ3n) is 0.963. The Morgan fingerprint density at radius 1 is 1.80 bits per heavy atom. The first-order chi connectivity index (χ1) is 4.70. The summed E-state index contributed by atoms with van der Waals surface area (Å²) in [6.45, 7) is 1.64. The molecule has 0 heterocycles. The summed E-state index contributed by atoms with van der Waals surface area (Å²) in [5, 5.41) is 0. The van der Waals surface area contributed by atoms with Gasteiger partial charge >= 0.3 is 5.97 Å². The van der Waals surface area contributed by atoms with Crippen LogP contribution in [0.3, 0.4) is 0 Å². The molecule has 0 aromatic carbocycles. The Balaban J connectivity index is 3.67. The SMILES string of the molecule is COC(=O)CC(C)N=C=O. The van der Waals surface area contributed by atoms with Gasteiger partial charge in [0, 0.05) is 0 Å². The van der Waals surface area contributed by atoms with Gasteiger partial charge in [0.1, 0.15) is 0 Å². The predicted octanol–water partition coefficient (Wildman–Crippen LogP) is 0.274. The minimum absolute atomic E-state index is 0.131. The number of hydrogen-bond donors (Lipinski definition) is 0. The zero-order valence-electron chi connectivity index (χ0n) is 5.96. The number of ether oxygens (including phenoxy) is 1. The molecule has 10 heavy (non-hydrogen) atoms. The molecule has 0 aliphatic heterocycles. The number of isocyanates is 1. The molecule has 0 spiro atoms. The van der Waals surface area contributed by atoms with Crippen molar-refractivity contribution >= 4 is 12.0 Å². The molecule has 0 aromatic heterocycles. The molecular formula is C6H9NO3. The van der Waals surface area contributed by atoms with E-state index < -0.39 is 0 Å². The Hall–Kier alpha value is -1.15. The van der Waals surface area contributed by atoms with Crippen LogP contribution in [0.15, 0.2) is 4.99 Å². The van der Waals surface area contributed by atoms with Crippen molar-refractivity contribution in [3.63, 3.8) is 0 Å². The average molecular weight is 143 g/mol. The van der Waals surface area contributed by atoms with Gasteiger partial charge in [-0.3, -0.25) is 4.79 Å². The third kappa shape index (κ3) is 3.80. The van der Waals surface area contributed by atoms with E-state index in [1.165, 1.54) is 13.2 Å². The summed E-state index contributed by atoms with van der Waals surface area (Å²) in [7, 11) is 1.29. The fourth-order valence-corrected chi connectivity index (χ4v) is 0.460. The molecule has 0 radical (unpaired) electrons. The summed E-state index contributed by atoms with van der Waals surface area (Å²) in [5.74, 6) is -0.369. The molecular weight excluding hydrogens is 134 g/mol. The molecule has 0 bridgehead atoms. The van der Waals surface area contributed by atoms with Gasteiger partial charge in [0.05, 0.1) is 19.6 Å². The van der Waals surface area contributed by atoms with Crippen LogP contribution in [0.1, 0.15) is 13.3 Å². The maximum Gasteiger partial charge on any atom is 0.307 e. The number of aliphatic imine (C=N–C) groups is 1. The van der Waals surface area contributed by atoms with Gasteiger partial charge in [-0.25, -0.2) is 9.79 Å². The predicted molar refractivity (Wildman–Crippen MR) is 34.2 cm³/mol. The number of carbonyl (C=O) groups excluding carboxylic acids is 2. The molecule has 4 nitrogen and oxygen atoms in total. The normalized spacial score (nSPS) is 11.4. The molecule has 0 aliphatic rings. The van der Waals surface area contributed by atoms with Gasteiger partial charge in [0.15, 0.2) is 0 Å². The first-order valence-corrected chi connectivity index (χ1v) is 2.84. The molecule has 0 fully saturated rings. The van der Waals surface area contributed by atoms with E-state index in [0.717, 1.165) is 0 Å². The van der Waals surface area contributed by atoms with Gasteiger partial charge in [-0.1, -0.05) is 0 Å². The maximum absolute atomic E-state index is 10.5. The van der Waals surface area contributed by atoms with E-state index in [4.69, 9.17) is 0 Å². The van der Waals surface area contributed by atoms with Crippen LogP contribution in [-0.4, -0.2) is 25.2 Å². The molecule has 1 unspecified atom stereocenters. The Labute approximate surface area is 58.9 Å². The van der Waals surface area contributed by atoms with Crippen molar-refractivity contribution in [3.8, 4) is 0 Å². The third-order valence-corrected chi connectivity index (χ3v) is 0.963. The van der Waals surface area contributed by atoms with Gasteiger partial charge in [-0.05, 0) is 6.92 Å². The van der Waals surface area contributed by atoms with Gasteiger partial charge in [0.25, 0.3) is 0 Å². The lowest BCUT2D eigenvalue weighted by atomic mass is 10.2. The smallest absolute Gasteiger partial charge is 0.307 e. The Morgan fingerprint density at radius 3 is 2.80 bits per heavy atom. The van der Waals surface area contributed by atoms with E-state index in [-0.39, 0.29) is 18.4 Å². The second-order valence-corrected chi connectivity index (χ2v) is 1.85. The van der Waals surface area contributed by atoms with Crippen molar-refractivity contribution in [1.29, 1.82) is 0 Å². The number of rotatable bonds is 3. The van der Waals surface area contributed by atoms with Crippen LogP contribution in [0.2, 0.25) is 0 Å². The molecule has 0 saturated carbocycles. The maximum atomic E-state index is 10.5. The molecule has 0 N–H and O–H groups in total. The van der Waals surface area contributed by atoms with E-state index in [9.17, 15) is 9.59 Å². The standard InChI is InChI=1S/C6H9NO3/c1-5(7-4-8)3-6(9)10-2/h5H,3H2,1-2H3.